The number of carbonyl (C=O) groups is 1. The van der Waals surface area contributed by atoms with Crippen molar-refractivity contribution >= 4 is 5.97 Å². The van der Waals surface area contributed by atoms with Gasteiger partial charge in [-0.15, -0.1) is 0 Å². The summed E-state index contributed by atoms with van der Waals surface area (Å²) in [5.74, 6) is -0.00876. The summed E-state index contributed by atoms with van der Waals surface area (Å²) in [5.41, 5.74) is 2.50. The Morgan fingerprint density at radius 1 is 0.938 bits per heavy atom. The van der Waals surface area contributed by atoms with Crippen molar-refractivity contribution in [3.8, 4) is 22.6 Å². The molecule has 3 rings (SSSR count). The number of esters is 1. The monoisotopic (exact) mass is 436 g/mol. The zero-order valence-corrected chi connectivity index (χ0v) is 18.6. The highest BCUT2D eigenvalue weighted by molar-refractivity contribution is 5.74. The van der Waals surface area contributed by atoms with Gasteiger partial charge in [-0.05, 0) is 54.3 Å². The lowest BCUT2D eigenvalue weighted by atomic mass is 10.1. The average molecular weight is 437 g/mol. The first kappa shape index (κ1) is 23.3. The molecule has 0 fully saturated rings. The van der Waals surface area contributed by atoms with E-state index in [-0.39, 0.29) is 18.2 Å². The summed E-state index contributed by atoms with van der Waals surface area (Å²) in [4.78, 5) is 12.2. The topological polar surface area (TPSA) is 44.8 Å². The zero-order valence-electron chi connectivity index (χ0n) is 18.6. The molecule has 0 amide bonds. The van der Waals surface area contributed by atoms with Gasteiger partial charge in [0, 0.05) is 0 Å². The van der Waals surface area contributed by atoms with Gasteiger partial charge in [-0.2, -0.15) is 0 Å². The van der Waals surface area contributed by atoms with Crippen LogP contribution in [-0.4, -0.2) is 18.7 Å². The van der Waals surface area contributed by atoms with E-state index < -0.39 is 12.1 Å². The summed E-state index contributed by atoms with van der Waals surface area (Å²) >= 11 is 0. The third-order valence-corrected chi connectivity index (χ3v) is 4.99. The second-order valence-electron chi connectivity index (χ2n) is 7.58. The van der Waals surface area contributed by atoms with Gasteiger partial charge in [0.05, 0.1) is 6.61 Å². The van der Waals surface area contributed by atoms with Gasteiger partial charge in [0.1, 0.15) is 12.4 Å². The molecule has 0 aliphatic rings. The molecule has 0 aliphatic heterocycles. The smallest absolute Gasteiger partial charge is 0.347 e. The minimum absolute atomic E-state index is 0.205. The molecule has 0 aromatic heterocycles. The zero-order chi connectivity index (χ0) is 22.8. The fourth-order valence-electron chi connectivity index (χ4n) is 3.16. The number of halogens is 1. The number of ether oxygens (including phenoxy) is 3. The molecule has 0 bridgehead atoms. The molecular formula is C27H29FO4. The predicted molar refractivity (Wildman–Crippen MR) is 123 cm³/mol. The van der Waals surface area contributed by atoms with Crippen molar-refractivity contribution in [2.45, 2.75) is 45.8 Å². The van der Waals surface area contributed by atoms with Gasteiger partial charge >= 0.3 is 5.97 Å². The lowest BCUT2D eigenvalue weighted by Crippen LogP contribution is -2.26. The molecule has 1 atom stereocenters. The highest BCUT2D eigenvalue weighted by atomic mass is 19.1. The van der Waals surface area contributed by atoms with Crippen LogP contribution in [0, 0.1) is 5.82 Å². The summed E-state index contributed by atoms with van der Waals surface area (Å²) in [7, 11) is 0. The van der Waals surface area contributed by atoms with E-state index in [2.05, 4.69) is 6.92 Å². The van der Waals surface area contributed by atoms with E-state index in [0.29, 0.717) is 12.4 Å². The second-order valence-corrected chi connectivity index (χ2v) is 7.58. The Labute approximate surface area is 188 Å². The highest BCUT2D eigenvalue weighted by Crippen LogP contribution is 2.27. The molecule has 3 aromatic rings. The first-order valence-electron chi connectivity index (χ1n) is 11.0. The van der Waals surface area contributed by atoms with Crippen LogP contribution in [0.4, 0.5) is 4.39 Å². The van der Waals surface area contributed by atoms with Crippen LogP contribution in [-0.2, 0) is 16.1 Å². The predicted octanol–water partition coefficient (Wildman–Crippen LogP) is 6.57. The molecule has 0 saturated carbocycles. The van der Waals surface area contributed by atoms with Gasteiger partial charge in [-0.1, -0.05) is 68.3 Å². The molecule has 5 heteroatoms. The summed E-state index contributed by atoms with van der Waals surface area (Å²) in [5, 5.41) is 0. The minimum atomic E-state index is -0.744. The van der Waals surface area contributed by atoms with Crippen LogP contribution in [0.25, 0.3) is 11.1 Å². The molecule has 0 aliphatic carbocycles. The minimum Gasteiger partial charge on any atom is -0.491 e. The Bertz CT molecular complexity index is 986. The van der Waals surface area contributed by atoms with E-state index in [9.17, 15) is 9.18 Å². The van der Waals surface area contributed by atoms with E-state index in [1.165, 1.54) is 6.07 Å². The maximum Gasteiger partial charge on any atom is 0.347 e. The average Bonchev–Trinajstić information content (AvgIpc) is 2.82. The largest absolute Gasteiger partial charge is 0.491 e. The van der Waals surface area contributed by atoms with Crippen molar-refractivity contribution in [2.24, 2.45) is 0 Å². The van der Waals surface area contributed by atoms with E-state index in [1.54, 1.807) is 25.1 Å². The first-order valence-corrected chi connectivity index (χ1v) is 11.0. The van der Waals surface area contributed by atoms with Gasteiger partial charge in [0.15, 0.2) is 17.7 Å². The number of hydrogen-bond donors (Lipinski definition) is 0. The molecular weight excluding hydrogens is 407 g/mol. The van der Waals surface area contributed by atoms with Gasteiger partial charge in [0.25, 0.3) is 0 Å². The number of hydrogen-bond acceptors (Lipinski definition) is 4. The third kappa shape index (κ3) is 6.84. The van der Waals surface area contributed by atoms with Crippen molar-refractivity contribution in [2.75, 3.05) is 6.61 Å². The molecule has 168 valence electrons. The molecule has 0 N–H and O–H groups in total. The maximum absolute atomic E-state index is 14.4. The number of carbonyl (C=O) groups excluding carboxylic acids is 1. The standard InChI is InChI=1S/C27H29FO4/c1-3-4-8-17-30-26-16-13-23(18-25(26)28)22-11-14-24(15-12-22)32-20(2)27(29)31-19-21-9-6-5-7-10-21/h5-7,9-16,18,20H,3-4,8,17,19H2,1-2H3. The summed E-state index contributed by atoms with van der Waals surface area (Å²) in [6.45, 7) is 4.48. The Kier molecular flexibility index (Phi) is 8.67. The highest BCUT2D eigenvalue weighted by Gasteiger charge is 2.16. The molecule has 4 nitrogen and oxygen atoms in total. The summed E-state index contributed by atoms with van der Waals surface area (Å²) < 4.78 is 30.9. The van der Waals surface area contributed by atoms with E-state index in [4.69, 9.17) is 14.2 Å². The van der Waals surface area contributed by atoms with Crippen molar-refractivity contribution in [3.63, 3.8) is 0 Å². The van der Waals surface area contributed by atoms with Gasteiger partial charge in [-0.3, -0.25) is 0 Å². The normalized spacial score (nSPS) is 11.6. The third-order valence-electron chi connectivity index (χ3n) is 4.99. The van der Waals surface area contributed by atoms with Crippen LogP contribution in [0.1, 0.15) is 38.7 Å². The Morgan fingerprint density at radius 2 is 1.66 bits per heavy atom. The Balaban J connectivity index is 1.54. The van der Waals surface area contributed by atoms with Gasteiger partial charge in [-0.25, -0.2) is 9.18 Å². The van der Waals surface area contributed by atoms with Crippen molar-refractivity contribution in [1.82, 2.24) is 0 Å². The lowest BCUT2D eigenvalue weighted by Gasteiger charge is -2.14. The maximum atomic E-state index is 14.4. The molecule has 0 radical (unpaired) electrons. The van der Waals surface area contributed by atoms with Gasteiger partial charge in [0.2, 0.25) is 0 Å². The van der Waals surface area contributed by atoms with E-state index >= 15 is 0 Å². The molecule has 0 heterocycles. The van der Waals surface area contributed by atoms with Crippen LogP contribution in [0.5, 0.6) is 11.5 Å². The van der Waals surface area contributed by atoms with Crippen LogP contribution in [0.15, 0.2) is 72.8 Å². The number of benzene rings is 3. The molecule has 32 heavy (non-hydrogen) atoms. The van der Waals surface area contributed by atoms with Crippen LogP contribution >= 0.6 is 0 Å². The Morgan fingerprint density at radius 3 is 2.34 bits per heavy atom. The van der Waals surface area contributed by atoms with Crippen LogP contribution in [0.3, 0.4) is 0 Å². The second kappa shape index (κ2) is 11.9. The fourth-order valence-corrected chi connectivity index (χ4v) is 3.16. The molecule has 0 saturated heterocycles. The van der Waals surface area contributed by atoms with Gasteiger partial charge < -0.3 is 14.2 Å². The fraction of sp³-hybridized carbons (Fsp3) is 0.296. The quantitative estimate of drug-likeness (QED) is 0.252. The van der Waals surface area contributed by atoms with E-state index in [1.807, 2.05) is 48.5 Å². The molecule has 0 spiro atoms. The van der Waals surface area contributed by atoms with Crippen molar-refractivity contribution < 1.29 is 23.4 Å². The van der Waals surface area contributed by atoms with Crippen molar-refractivity contribution in [3.05, 3.63) is 84.2 Å². The van der Waals surface area contributed by atoms with Crippen LogP contribution in [0.2, 0.25) is 0 Å². The lowest BCUT2D eigenvalue weighted by molar-refractivity contribution is -0.152. The summed E-state index contributed by atoms with van der Waals surface area (Å²) in [6, 6.07) is 21.6. The molecule has 1 unspecified atom stereocenters. The first-order chi connectivity index (χ1) is 15.6. The van der Waals surface area contributed by atoms with Crippen LogP contribution < -0.4 is 9.47 Å². The number of unbranched alkanes of at least 4 members (excludes halogenated alkanes) is 2. The summed E-state index contributed by atoms with van der Waals surface area (Å²) in [6.07, 6.45) is 2.33. The SMILES string of the molecule is CCCCCOc1ccc(-c2ccc(OC(C)C(=O)OCc3ccccc3)cc2)cc1F. The molecule has 3 aromatic carbocycles. The van der Waals surface area contributed by atoms with E-state index in [0.717, 1.165) is 36.0 Å². The number of rotatable bonds is 11. The Hall–Kier alpha value is -3.34. The van der Waals surface area contributed by atoms with Crippen molar-refractivity contribution in [1.29, 1.82) is 0 Å².